The molecule has 0 unspecified atom stereocenters. The van der Waals surface area contributed by atoms with Crippen molar-refractivity contribution in [3.8, 4) is 11.5 Å². The monoisotopic (exact) mass is 803 g/mol. The molecule has 0 aliphatic heterocycles. The molecule has 0 amide bonds. The topological polar surface area (TPSA) is 99.3 Å². The third-order valence-corrected chi connectivity index (χ3v) is 4.77. The molecule has 225 valence electrons. The Kier molecular flexibility index (Phi) is 39.3. The van der Waals surface area contributed by atoms with Crippen molar-refractivity contribution in [2.24, 2.45) is 9.98 Å². The van der Waals surface area contributed by atoms with Crippen molar-refractivity contribution in [2.75, 3.05) is 11.9 Å². The molecule has 4 rings (SSSR count). The van der Waals surface area contributed by atoms with Crippen LogP contribution in [0, 0.1) is 12.1 Å². The van der Waals surface area contributed by atoms with E-state index in [4.69, 9.17) is 23.2 Å². The van der Waals surface area contributed by atoms with Crippen molar-refractivity contribution in [1.82, 2.24) is 0 Å². The predicted octanol–water partition coefficient (Wildman–Crippen LogP) is 0.441. The number of rotatable bonds is 5. The second kappa shape index (κ2) is 33.2. The molecule has 0 aliphatic rings. The SMILES string of the molecule is CC(=NC[C@@H](C)N=C(C)c1ccccc1[O-])c1ccccc1[O-].ClCCl.[Cl-].[Cl-].[O-2].[Sn+4].[V+4].[c-]1ccccc1.[c-]1ccccc1. The van der Waals surface area contributed by atoms with Crippen LogP contribution in [0.15, 0.2) is 119 Å². The summed E-state index contributed by atoms with van der Waals surface area (Å²) in [7, 11) is 0. The van der Waals surface area contributed by atoms with Gasteiger partial charge in [0.2, 0.25) is 0 Å². The normalized spacial score (nSPS) is 10.1. The van der Waals surface area contributed by atoms with Gasteiger partial charge in [0.1, 0.15) is 0 Å². The Hall–Kier alpha value is -1.68. The molecule has 5 nitrogen and oxygen atoms in total. The van der Waals surface area contributed by atoms with E-state index in [0.29, 0.717) is 29.1 Å². The first-order valence-electron chi connectivity index (χ1n) is 11.9. The molecular formula is C32H32Cl4N2O3SnV. The van der Waals surface area contributed by atoms with E-state index in [-0.39, 0.29) is 95.6 Å². The van der Waals surface area contributed by atoms with Crippen molar-refractivity contribution in [3.63, 3.8) is 0 Å². The Balaban J connectivity index is -0.000000199. The predicted molar refractivity (Wildman–Crippen MR) is 164 cm³/mol. The maximum atomic E-state index is 11.8. The van der Waals surface area contributed by atoms with Gasteiger partial charge in [-0.25, -0.2) is 0 Å². The van der Waals surface area contributed by atoms with Crippen molar-refractivity contribution in [2.45, 2.75) is 26.8 Å². The Morgan fingerprint density at radius 1 is 0.698 bits per heavy atom. The Bertz CT molecular complexity index is 1140. The van der Waals surface area contributed by atoms with Gasteiger partial charge in [-0.1, -0.05) is 60.0 Å². The quantitative estimate of drug-likeness (QED) is 0.127. The van der Waals surface area contributed by atoms with Crippen LogP contribution < -0.4 is 35.0 Å². The Labute approximate surface area is 307 Å². The van der Waals surface area contributed by atoms with Gasteiger partial charge < -0.3 is 40.5 Å². The van der Waals surface area contributed by atoms with Crippen LogP contribution in [0.5, 0.6) is 11.5 Å². The maximum absolute atomic E-state index is 11.8. The number of hydrogen-bond acceptors (Lipinski definition) is 4. The summed E-state index contributed by atoms with van der Waals surface area (Å²) in [5.41, 5.74) is 2.65. The molecule has 0 spiro atoms. The molecule has 0 heterocycles. The molecular weight excluding hydrogens is 772 g/mol. The van der Waals surface area contributed by atoms with Gasteiger partial charge in [-0.2, -0.15) is 72.8 Å². The average Bonchev–Trinajstić information content (AvgIpc) is 2.95. The van der Waals surface area contributed by atoms with E-state index < -0.39 is 0 Å². The van der Waals surface area contributed by atoms with E-state index in [9.17, 15) is 10.2 Å². The third kappa shape index (κ3) is 24.3. The van der Waals surface area contributed by atoms with Crippen LogP contribution in [-0.2, 0) is 24.0 Å². The molecule has 0 N–H and O–H groups in total. The molecule has 0 saturated carbocycles. The zero-order valence-electron chi connectivity index (χ0n) is 24.0. The van der Waals surface area contributed by atoms with Gasteiger partial charge in [-0.15, -0.1) is 23.2 Å². The largest absolute Gasteiger partial charge is 4.00 e. The second-order valence-electron chi connectivity index (χ2n) is 7.74. The van der Waals surface area contributed by atoms with Gasteiger partial charge in [-0.05, 0) is 31.9 Å². The van der Waals surface area contributed by atoms with Gasteiger partial charge in [0.15, 0.2) is 0 Å². The molecule has 0 saturated heterocycles. The summed E-state index contributed by atoms with van der Waals surface area (Å²) in [6.45, 7) is 6.07. The summed E-state index contributed by atoms with van der Waals surface area (Å²) in [6, 6.07) is 38.6. The van der Waals surface area contributed by atoms with Crippen molar-refractivity contribution >= 4 is 58.5 Å². The van der Waals surface area contributed by atoms with Crippen LogP contribution in [0.2, 0.25) is 0 Å². The van der Waals surface area contributed by atoms with Gasteiger partial charge in [0, 0.05) is 11.4 Å². The number of halogens is 4. The summed E-state index contributed by atoms with van der Waals surface area (Å²) in [6.07, 6.45) is 0. The van der Waals surface area contributed by atoms with Crippen LogP contribution in [-0.4, -0.2) is 53.3 Å². The Morgan fingerprint density at radius 2 is 1.05 bits per heavy atom. The standard InChI is InChI=1S/C19H22N2O2.2C6H5.CH2Cl2.2ClH.O.Sn.V/c1-13(21-15(3)17-9-5-7-11-19(17)23)12-20-14(2)16-8-4-6-10-18(16)22;2*1-2-4-6-5-3-1;2-1-3;;;;;/h4-11,13,22-23H,12H2,1-3H3;2*1-5H;1H2;2*1H;;;/q;2*-1;;;;-2;2*+4/p-4/t13-;;;;;;;;/m1......../s1. The molecule has 4 aromatic carbocycles. The summed E-state index contributed by atoms with van der Waals surface area (Å²) in [4.78, 5) is 8.98. The van der Waals surface area contributed by atoms with E-state index in [1.807, 2.05) is 93.6 Å². The molecule has 1 atom stereocenters. The van der Waals surface area contributed by atoms with E-state index in [2.05, 4.69) is 22.1 Å². The number of benzene rings is 4. The summed E-state index contributed by atoms with van der Waals surface area (Å²) in [5, 5.41) is 23.7. The molecule has 0 aliphatic carbocycles. The zero-order chi connectivity index (χ0) is 28.0. The van der Waals surface area contributed by atoms with Crippen molar-refractivity contribution in [3.05, 3.63) is 132 Å². The fourth-order valence-corrected chi connectivity index (χ4v) is 3.01. The van der Waals surface area contributed by atoms with Gasteiger partial charge in [0.25, 0.3) is 0 Å². The first-order valence-corrected chi connectivity index (χ1v) is 13.0. The van der Waals surface area contributed by atoms with E-state index in [1.54, 1.807) is 24.3 Å². The number of alkyl halides is 2. The maximum Gasteiger partial charge on any atom is 4.00 e. The molecule has 4 aromatic rings. The fourth-order valence-electron chi connectivity index (χ4n) is 3.01. The molecule has 11 heteroatoms. The van der Waals surface area contributed by atoms with Crippen LogP contribution in [0.1, 0.15) is 31.9 Å². The van der Waals surface area contributed by atoms with Gasteiger partial charge in [0.05, 0.1) is 17.9 Å². The summed E-state index contributed by atoms with van der Waals surface area (Å²) in [5.74, 6) is -0.0534. The smallest absolute Gasteiger partial charge is 2.00 e. The first kappa shape index (κ1) is 50.9. The molecule has 0 bridgehead atoms. The van der Waals surface area contributed by atoms with Crippen LogP contribution in [0.3, 0.4) is 0 Å². The van der Waals surface area contributed by atoms with Gasteiger partial charge in [-0.3, -0.25) is 9.98 Å². The molecule has 43 heavy (non-hydrogen) atoms. The minimum absolute atomic E-state index is 0. The van der Waals surface area contributed by atoms with Crippen LogP contribution in [0.4, 0.5) is 0 Å². The van der Waals surface area contributed by atoms with Crippen molar-refractivity contribution < 1.29 is 59.1 Å². The minimum Gasteiger partial charge on any atom is -2.00 e. The number of nitrogens with zero attached hydrogens (tertiary/aromatic N) is 2. The van der Waals surface area contributed by atoms with E-state index in [0.717, 1.165) is 0 Å². The second-order valence-corrected chi connectivity index (χ2v) is 8.55. The summed E-state index contributed by atoms with van der Waals surface area (Å²) >= 11 is 9.53. The van der Waals surface area contributed by atoms with E-state index >= 15 is 0 Å². The zero-order valence-corrected chi connectivity index (χ0v) is 31.2. The molecule has 1 radical (unpaired) electrons. The summed E-state index contributed by atoms with van der Waals surface area (Å²) < 4.78 is 0. The average molecular weight is 804 g/mol. The fraction of sp³-hybridized carbons (Fsp3) is 0.188. The first-order chi connectivity index (χ1) is 18.4. The van der Waals surface area contributed by atoms with Gasteiger partial charge >= 0.3 is 42.5 Å². The van der Waals surface area contributed by atoms with E-state index in [1.165, 1.54) is 12.1 Å². The Morgan fingerprint density at radius 3 is 1.35 bits per heavy atom. The minimum atomic E-state index is -0.0663. The third-order valence-electron chi connectivity index (χ3n) is 4.77. The number of aliphatic imine (C=N–C) groups is 2. The van der Waals surface area contributed by atoms with Crippen molar-refractivity contribution in [1.29, 1.82) is 0 Å². The number of hydrogen-bond donors (Lipinski definition) is 0. The molecule has 0 fully saturated rings. The number of para-hydroxylation sites is 2. The van der Waals surface area contributed by atoms with Crippen LogP contribution >= 0.6 is 23.2 Å². The van der Waals surface area contributed by atoms with Crippen LogP contribution in [0.25, 0.3) is 0 Å². The molecule has 0 aromatic heterocycles.